The molecule has 3 rings (SSSR count). The molecule has 2 aromatic heterocycles. The molecule has 0 aliphatic heterocycles. The summed E-state index contributed by atoms with van der Waals surface area (Å²) >= 11 is 0. The monoisotopic (exact) mass is 400 g/mol. The normalized spacial score (nSPS) is 11.3. The first-order valence-electron chi connectivity index (χ1n) is 8.41. The lowest BCUT2D eigenvalue weighted by atomic mass is 10.3. The van der Waals surface area contributed by atoms with Crippen LogP contribution in [0.25, 0.3) is 0 Å². The number of anilines is 2. The van der Waals surface area contributed by atoms with Crippen molar-refractivity contribution < 1.29 is 13.2 Å². The van der Waals surface area contributed by atoms with Crippen LogP contribution >= 0.6 is 0 Å². The third-order valence-corrected chi connectivity index (χ3v) is 5.32. The molecule has 1 amide bonds. The maximum absolute atomic E-state index is 12.5. The third-order valence-electron chi connectivity index (χ3n) is 3.98. The van der Waals surface area contributed by atoms with Crippen LogP contribution in [-0.4, -0.2) is 34.1 Å². The van der Waals surface area contributed by atoms with Crippen molar-refractivity contribution in [3.8, 4) is 0 Å². The number of aryl methyl sites for hydroxylation is 4. The van der Waals surface area contributed by atoms with Crippen LogP contribution in [0.3, 0.4) is 0 Å². The molecule has 2 heterocycles. The van der Waals surface area contributed by atoms with E-state index in [4.69, 9.17) is 0 Å². The third kappa shape index (κ3) is 4.34. The quantitative estimate of drug-likeness (QED) is 0.678. The second-order valence-electron chi connectivity index (χ2n) is 6.35. The van der Waals surface area contributed by atoms with Crippen LogP contribution in [0.5, 0.6) is 0 Å². The smallest absolute Gasteiger partial charge is 0.276 e. The molecular formula is C18H20N6O3S. The van der Waals surface area contributed by atoms with E-state index in [9.17, 15) is 13.2 Å². The standard InChI is InChI=1S/C18H20N6O3S/c1-11-9-12(2)20-18(19-11)23-28(26,27)15-7-5-14(6-8-15)21-17(25)16-10-13(3)24(4)22-16/h5-10H,1-4H3,(H,21,25)(H,19,20,23). The Morgan fingerprint density at radius 3 is 2.14 bits per heavy atom. The van der Waals surface area contributed by atoms with E-state index in [1.54, 1.807) is 37.7 Å². The van der Waals surface area contributed by atoms with Crippen LogP contribution in [0.2, 0.25) is 0 Å². The summed E-state index contributed by atoms with van der Waals surface area (Å²) in [5.41, 5.74) is 2.91. The molecule has 0 spiro atoms. The Morgan fingerprint density at radius 1 is 1.00 bits per heavy atom. The fourth-order valence-electron chi connectivity index (χ4n) is 2.53. The van der Waals surface area contributed by atoms with Gasteiger partial charge in [0.1, 0.15) is 0 Å². The molecule has 0 saturated heterocycles. The number of benzene rings is 1. The van der Waals surface area contributed by atoms with Crippen LogP contribution in [0.1, 0.15) is 27.6 Å². The molecule has 1 aromatic carbocycles. The zero-order valence-electron chi connectivity index (χ0n) is 15.9. The van der Waals surface area contributed by atoms with Crippen LogP contribution in [-0.2, 0) is 17.1 Å². The maximum Gasteiger partial charge on any atom is 0.276 e. The van der Waals surface area contributed by atoms with E-state index in [-0.39, 0.29) is 22.4 Å². The highest BCUT2D eigenvalue weighted by Crippen LogP contribution is 2.17. The zero-order valence-corrected chi connectivity index (χ0v) is 16.7. The van der Waals surface area contributed by atoms with Gasteiger partial charge in [-0.05, 0) is 57.2 Å². The summed E-state index contributed by atoms with van der Waals surface area (Å²) in [6.07, 6.45) is 0. The molecule has 0 unspecified atom stereocenters. The summed E-state index contributed by atoms with van der Waals surface area (Å²) in [4.78, 5) is 20.4. The van der Waals surface area contributed by atoms with E-state index < -0.39 is 10.0 Å². The van der Waals surface area contributed by atoms with Gasteiger partial charge < -0.3 is 5.32 Å². The van der Waals surface area contributed by atoms with Crippen LogP contribution < -0.4 is 10.0 Å². The van der Waals surface area contributed by atoms with Crippen molar-refractivity contribution in [2.24, 2.45) is 7.05 Å². The van der Waals surface area contributed by atoms with Crippen molar-refractivity contribution in [2.45, 2.75) is 25.7 Å². The largest absolute Gasteiger partial charge is 0.321 e. The second-order valence-corrected chi connectivity index (χ2v) is 8.04. The topological polar surface area (TPSA) is 119 Å². The summed E-state index contributed by atoms with van der Waals surface area (Å²) < 4.78 is 29.0. The van der Waals surface area contributed by atoms with Crippen LogP contribution in [0.15, 0.2) is 41.3 Å². The zero-order chi connectivity index (χ0) is 20.5. The molecule has 0 fully saturated rings. The molecule has 2 N–H and O–H groups in total. The van der Waals surface area contributed by atoms with Gasteiger partial charge in [0.2, 0.25) is 5.95 Å². The van der Waals surface area contributed by atoms with E-state index in [0.29, 0.717) is 17.1 Å². The van der Waals surface area contributed by atoms with Crippen LogP contribution in [0.4, 0.5) is 11.6 Å². The number of nitrogens with zero attached hydrogens (tertiary/aromatic N) is 4. The molecule has 0 aliphatic rings. The molecule has 28 heavy (non-hydrogen) atoms. The Bertz CT molecular complexity index is 1100. The van der Waals surface area contributed by atoms with Gasteiger partial charge in [-0.25, -0.2) is 23.1 Å². The van der Waals surface area contributed by atoms with Gasteiger partial charge in [-0.15, -0.1) is 0 Å². The van der Waals surface area contributed by atoms with Crippen molar-refractivity contribution >= 4 is 27.6 Å². The highest BCUT2D eigenvalue weighted by atomic mass is 32.2. The average Bonchev–Trinajstić information content (AvgIpc) is 2.93. The molecule has 0 saturated carbocycles. The first-order chi connectivity index (χ1) is 13.1. The van der Waals surface area contributed by atoms with Crippen LogP contribution in [0, 0.1) is 20.8 Å². The lowest BCUT2D eigenvalue weighted by Crippen LogP contribution is -2.16. The number of hydrogen-bond acceptors (Lipinski definition) is 6. The summed E-state index contributed by atoms with van der Waals surface area (Å²) in [6.45, 7) is 5.36. The molecule has 9 nitrogen and oxygen atoms in total. The summed E-state index contributed by atoms with van der Waals surface area (Å²) in [5, 5.41) is 6.80. The van der Waals surface area contributed by atoms with E-state index in [1.807, 2.05) is 6.92 Å². The van der Waals surface area contributed by atoms with Crippen molar-refractivity contribution in [3.05, 3.63) is 59.2 Å². The van der Waals surface area contributed by atoms with Gasteiger partial charge in [0.25, 0.3) is 15.9 Å². The molecule has 0 aliphatic carbocycles. The van der Waals surface area contributed by atoms with Gasteiger partial charge in [-0.1, -0.05) is 0 Å². The predicted octanol–water partition coefficient (Wildman–Crippen LogP) is 2.19. The Hall–Kier alpha value is -3.27. The highest BCUT2D eigenvalue weighted by Gasteiger charge is 2.17. The summed E-state index contributed by atoms with van der Waals surface area (Å²) in [7, 11) is -2.10. The molecule has 10 heteroatoms. The first-order valence-corrected chi connectivity index (χ1v) is 9.89. The van der Waals surface area contributed by atoms with Crippen molar-refractivity contribution in [1.29, 1.82) is 0 Å². The SMILES string of the molecule is Cc1cc(C)nc(NS(=O)(=O)c2ccc(NC(=O)c3cc(C)n(C)n3)cc2)n1. The fourth-order valence-corrected chi connectivity index (χ4v) is 3.48. The number of nitrogens with one attached hydrogen (secondary N) is 2. The minimum atomic E-state index is -3.85. The Balaban J connectivity index is 1.74. The molecular weight excluding hydrogens is 380 g/mol. The van der Waals surface area contributed by atoms with Gasteiger partial charge in [0.15, 0.2) is 5.69 Å². The first kappa shape index (κ1) is 19.5. The highest BCUT2D eigenvalue weighted by molar-refractivity contribution is 7.92. The van der Waals surface area contributed by atoms with E-state index in [0.717, 1.165) is 5.69 Å². The molecule has 0 radical (unpaired) electrons. The van der Waals surface area contributed by atoms with Gasteiger partial charge in [-0.2, -0.15) is 5.10 Å². The Kier molecular flexibility index (Phi) is 5.14. The number of aromatic nitrogens is 4. The number of carbonyl (C=O) groups is 1. The Morgan fingerprint density at radius 2 is 1.61 bits per heavy atom. The molecule has 0 bridgehead atoms. The minimum Gasteiger partial charge on any atom is -0.321 e. The molecule has 146 valence electrons. The summed E-state index contributed by atoms with van der Waals surface area (Å²) in [5.74, 6) is -0.360. The van der Waals surface area contributed by atoms with Crippen molar-refractivity contribution in [1.82, 2.24) is 19.7 Å². The molecule has 0 atom stereocenters. The summed E-state index contributed by atoms with van der Waals surface area (Å²) in [6, 6.07) is 9.21. The average molecular weight is 400 g/mol. The lowest BCUT2D eigenvalue weighted by Gasteiger charge is -2.09. The second kappa shape index (κ2) is 7.39. The number of sulfonamides is 1. The van der Waals surface area contributed by atoms with Gasteiger partial charge >= 0.3 is 0 Å². The minimum absolute atomic E-state index is 0.0143. The lowest BCUT2D eigenvalue weighted by molar-refractivity contribution is 0.102. The number of carbonyl (C=O) groups excluding carboxylic acids is 1. The van der Waals surface area contributed by atoms with E-state index in [1.165, 1.54) is 24.3 Å². The van der Waals surface area contributed by atoms with Crippen molar-refractivity contribution in [3.63, 3.8) is 0 Å². The molecule has 3 aromatic rings. The van der Waals surface area contributed by atoms with E-state index >= 15 is 0 Å². The fraction of sp³-hybridized carbons (Fsp3) is 0.222. The van der Waals surface area contributed by atoms with Gasteiger partial charge in [0.05, 0.1) is 4.90 Å². The number of rotatable bonds is 5. The Labute approximate surface area is 162 Å². The van der Waals surface area contributed by atoms with Crippen molar-refractivity contribution in [2.75, 3.05) is 10.0 Å². The predicted molar refractivity (Wildman–Crippen MR) is 105 cm³/mol. The maximum atomic E-state index is 12.5. The van der Waals surface area contributed by atoms with Gasteiger partial charge in [0, 0.05) is 29.8 Å². The number of hydrogen-bond donors (Lipinski definition) is 2. The number of amides is 1. The van der Waals surface area contributed by atoms with Gasteiger partial charge in [-0.3, -0.25) is 9.48 Å². The van der Waals surface area contributed by atoms with E-state index in [2.05, 4.69) is 25.1 Å².